The first-order valence-electron chi connectivity index (χ1n) is 4.75. The second-order valence-electron chi connectivity index (χ2n) is 3.64. The Hall–Kier alpha value is -1.84. The minimum atomic E-state index is -1.18. The summed E-state index contributed by atoms with van der Waals surface area (Å²) in [6.07, 6.45) is 5.10. The highest BCUT2D eigenvalue weighted by Crippen LogP contribution is 2.33. The van der Waals surface area contributed by atoms with Crippen LogP contribution in [-0.4, -0.2) is 15.6 Å². The number of nitrogens with zero attached hydrogens (tertiary/aromatic N) is 1. The molecule has 0 spiro atoms. The second kappa shape index (κ2) is 3.38. The van der Waals surface area contributed by atoms with E-state index in [9.17, 15) is 9.59 Å². The van der Waals surface area contributed by atoms with Crippen LogP contribution < -0.4 is 5.56 Å². The summed E-state index contributed by atoms with van der Waals surface area (Å²) in [7, 11) is 0. The first-order chi connectivity index (χ1) is 7.13. The smallest absolute Gasteiger partial charge is 0.341 e. The highest BCUT2D eigenvalue weighted by atomic mass is 16.4. The Morgan fingerprint density at radius 1 is 1.60 bits per heavy atom. The number of pyridine rings is 1. The van der Waals surface area contributed by atoms with Gasteiger partial charge in [0.25, 0.3) is 5.56 Å². The molecule has 1 aliphatic carbocycles. The van der Waals surface area contributed by atoms with Gasteiger partial charge >= 0.3 is 5.97 Å². The largest absolute Gasteiger partial charge is 0.477 e. The Kier molecular flexibility index (Phi) is 2.19. The molecule has 4 heteroatoms. The van der Waals surface area contributed by atoms with Crippen molar-refractivity contribution in [3.8, 4) is 0 Å². The van der Waals surface area contributed by atoms with Crippen LogP contribution in [0.2, 0.25) is 0 Å². The number of aromatic carboxylic acids is 1. The van der Waals surface area contributed by atoms with Crippen molar-refractivity contribution < 1.29 is 9.90 Å². The average molecular weight is 205 g/mol. The lowest BCUT2D eigenvalue weighted by Gasteiger charge is -2.06. The Morgan fingerprint density at radius 3 is 2.73 bits per heavy atom. The monoisotopic (exact) mass is 205 g/mol. The molecule has 1 heterocycles. The van der Waals surface area contributed by atoms with Crippen LogP contribution in [0.1, 0.15) is 34.8 Å². The fraction of sp³-hybridized carbons (Fsp3) is 0.273. The van der Waals surface area contributed by atoms with Crippen LogP contribution in [0.4, 0.5) is 0 Å². The lowest BCUT2D eigenvalue weighted by atomic mass is 10.2. The minimum Gasteiger partial charge on any atom is -0.477 e. The zero-order valence-electron chi connectivity index (χ0n) is 8.14. The van der Waals surface area contributed by atoms with Gasteiger partial charge in [0.15, 0.2) is 0 Å². The van der Waals surface area contributed by atoms with E-state index in [-0.39, 0.29) is 11.6 Å². The summed E-state index contributed by atoms with van der Waals surface area (Å²) in [6.45, 7) is 3.57. The predicted molar refractivity (Wildman–Crippen MR) is 56.0 cm³/mol. The predicted octanol–water partition coefficient (Wildman–Crippen LogP) is 1.52. The SMILES string of the molecule is C=Cc1cc(C(=O)O)c(=O)n(C2CC2)c1. The zero-order valence-corrected chi connectivity index (χ0v) is 8.14. The van der Waals surface area contributed by atoms with Crippen molar-refractivity contribution in [3.05, 3.63) is 40.3 Å². The lowest BCUT2D eigenvalue weighted by Crippen LogP contribution is -2.25. The third-order valence-electron chi connectivity index (χ3n) is 2.47. The van der Waals surface area contributed by atoms with Gasteiger partial charge in [-0.3, -0.25) is 4.79 Å². The van der Waals surface area contributed by atoms with Gasteiger partial charge in [-0.2, -0.15) is 0 Å². The van der Waals surface area contributed by atoms with E-state index in [0.29, 0.717) is 5.56 Å². The van der Waals surface area contributed by atoms with Crippen molar-refractivity contribution in [2.75, 3.05) is 0 Å². The molecular formula is C11H11NO3. The fourth-order valence-corrected chi connectivity index (χ4v) is 1.51. The van der Waals surface area contributed by atoms with E-state index in [1.807, 2.05) is 0 Å². The molecule has 0 amide bonds. The van der Waals surface area contributed by atoms with Crippen molar-refractivity contribution in [2.24, 2.45) is 0 Å². The van der Waals surface area contributed by atoms with Crippen LogP contribution in [0.5, 0.6) is 0 Å². The van der Waals surface area contributed by atoms with Gasteiger partial charge in [-0.15, -0.1) is 0 Å². The van der Waals surface area contributed by atoms with E-state index >= 15 is 0 Å². The summed E-state index contributed by atoms with van der Waals surface area (Å²) in [4.78, 5) is 22.5. The van der Waals surface area contributed by atoms with Crippen molar-refractivity contribution >= 4 is 12.0 Å². The summed E-state index contributed by atoms with van der Waals surface area (Å²) < 4.78 is 1.50. The van der Waals surface area contributed by atoms with E-state index in [1.165, 1.54) is 10.6 Å². The molecule has 0 aliphatic heterocycles. The molecule has 1 N–H and O–H groups in total. The van der Waals surface area contributed by atoms with Gasteiger partial charge in [-0.25, -0.2) is 4.79 Å². The number of carboxylic acids is 1. The Labute approximate surface area is 86.5 Å². The van der Waals surface area contributed by atoms with E-state index in [4.69, 9.17) is 5.11 Å². The van der Waals surface area contributed by atoms with Crippen molar-refractivity contribution in [2.45, 2.75) is 18.9 Å². The fourth-order valence-electron chi connectivity index (χ4n) is 1.51. The number of hydrogen-bond donors (Lipinski definition) is 1. The van der Waals surface area contributed by atoms with Crippen molar-refractivity contribution in [1.29, 1.82) is 0 Å². The molecule has 2 rings (SSSR count). The van der Waals surface area contributed by atoms with Gasteiger partial charge in [0.05, 0.1) is 0 Å². The molecule has 0 radical (unpaired) electrons. The van der Waals surface area contributed by atoms with Crippen LogP contribution in [0, 0.1) is 0 Å². The number of hydrogen-bond acceptors (Lipinski definition) is 2. The molecule has 1 saturated carbocycles. The highest BCUT2D eigenvalue weighted by molar-refractivity contribution is 5.87. The second-order valence-corrected chi connectivity index (χ2v) is 3.64. The van der Waals surface area contributed by atoms with E-state index in [2.05, 4.69) is 6.58 Å². The van der Waals surface area contributed by atoms with Gasteiger partial charge < -0.3 is 9.67 Å². The molecular weight excluding hydrogens is 194 g/mol. The number of carboxylic acid groups (broad SMARTS) is 1. The van der Waals surface area contributed by atoms with Crippen LogP contribution in [0.25, 0.3) is 6.08 Å². The average Bonchev–Trinajstić information content (AvgIpc) is 3.01. The summed E-state index contributed by atoms with van der Waals surface area (Å²) in [5.41, 5.74) is 0.0637. The molecule has 78 valence electrons. The van der Waals surface area contributed by atoms with Gasteiger partial charge in [0, 0.05) is 12.2 Å². The normalized spacial score (nSPS) is 14.9. The summed E-state index contributed by atoms with van der Waals surface area (Å²) in [5.74, 6) is -1.18. The molecule has 15 heavy (non-hydrogen) atoms. The van der Waals surface area contributed by atoms with Gasteiger partial charge in [-0.1, -0.05) is 12.7 Å². The number of carbonyl (C=O) groups is 1. The molecule has 1 aliphatic rings. The molecule has 1 aromatic rings. The van der Waals surface area contributed by atoms with Gasteiger partial charge in [0.2, 0.25) is 0 Å². The van der Waals surface area contributed by atoms with E-state index in [1.54, 1.807) is 12.3 Å². The van der Waals surface area contributed by atoms with E-state index < -0.39 is 11.5 Å². The summed E-state index contributed by atoms with van der Waals surface area (Å²) in [5, 5.41) is 8.86. The third kappa shape index (κ3) is 1.70. The van der Waals surface area contributed by atoms with Gasteiger partial charge in [-0.05, 0) is 24.5 Å². The van der Waals surface area contributed by atoms with Crippen LogP contribution in [0.15, 0.2) is 23.6 Å². The minimum absolute atomic E-state index is 0.176. The molecule has 0 bridgehead atoms. The molecule has 0 aromatic carbocycles. The Bertz CT molecular complexity index is 483. The highest BCUT2D eigenvalue weighted by Gasteiger charge is 2.26. The maximum atomic E-state index is 11.7. The summed E-state index contributed by atoms with van der Waals surface area (Å²) >= 11 is 0. The molecule has 4 nitrogen and oxygen atoms in total. The molecule has 0 saturated heterocycles. The van der Waals surface area contributed by atoms with Gasteiger partial charge in [0.1, 0.15) is 5.56 Å². The Morgan fingerprint density at radius 2 is 2.27 bits per heavy atom. The van der Waals surface area contributed by atoms with Crippen molar-refractivity contribution in [3.63, 3.8) is 0 Å². The van der Waals surface area contributed by atoms with Crippen LogP contribution >= 0.6 is 0 Å². The quantitative estimate of drug-likeness (QED) is 0.813. The molecule has 1 aromatic heterocycles. The zero-order chi connectivity index (χ0) is 11.0. The Balaban J connectivity index is 2.64. The van der Waals surface area contributed by atoms with E-state index in [0.717, 1.165) is 12.8 Å². The van der Waals surface area contributed by atoms with Crippen LogP contribution in [-0.2, 0) is 0 Å². The maximum Gasteiger partial charge on any atom is 0.341 e. The first-order valence-corrected chi connectivity index (χ1v) is 4.75. The maximum absolute atomic E-state index is 11.7. The third-order valence-corrected chi connectivity index (χ3v) is 2.47. The number of rotatable bonds is 3. The first kappa shape index (κ1) is 9.71. The number of aromatic nitrogens is 1. The summed E-state index contributed by atoms with van der Waals surface area (Å²) in [6, 6.07) is 1.53. The van der Waals surface area contributed by atoms with Crippen molar-refractivity contribution in [1.82, 2.24) is 4.57 Å². The van der Waals surface area contributed by atoms with Crippen LogP contribution in [0.3, 0.4) is 0 Å². The standard InChI is InChI=1S/C11H11NO3/c1-2-7-5-9(11(14)15)10(13)12(6-7)8-3-4-8/h2,5-6,8H,1,3-4H2,(H,14,15). The molecule has 1 fully saturated rings. The lowest BCUT2D eigenvalue weighted by molar-refractivity contribution is 0.0694. The topological polar surface area (TPSA) is 59.3 Å². The molecule has 0 atom stereocenters. The molecule has 0 unspecified atom stereocenters.